The zero-order valence-corrected chi connectivity index (χ0v) is 8.96. The van der Waals surface area contributed by atoms with E-state index in [0.717, 1.165) is 5.56 Å². The molecule has 0 aliphatic carbocycles. The molecule has 6 nitrogen and oxygen atoms in total. The summed E-state index contributed by atoms with van der Waals surface area (Å²) in [5, 5.41) is 12.6. The van der Waals surface area contributed by atoms with E-state index in [1.807, 2.05) is 0 Å². The first-order valence-electron chi connectivity index (χ1n) is 5.10. The van der Waals surface area contributed by atoms with Gasteiger partial charge in [-0.2, -0.15) is 5.10 Å². The first-order valence-corrected chi connectivity index (χ1v) is 5.10. The largest absolute Gasteiger partial charge is 0.481 e. The van der Waals surface area contributed by atoms with Gasteiger partial charge in [-0.1, -0.05) is 0 Å². The number of aromatic amines is 1. The molecule has 2 aromatic rings. The molecule has 88 valence electrons. The van der Waals surface area contributed by atoms with Gasteiger partial charge in [-0.15, -0.1) is 0 Å². The lowest BCUT2D eigenvalue weighted by Crippen LogP contribution is -2.13. The van der Waals surface area contributed by atoms with Crippen LogP contribution in [0.1, 0.15) is 12.0 Å². The molecule has 0 aliphatic heterocycles. The number of aliphatic carboxylic acids is 1. The highest BCUT2D eigenvalue weighted by molar-refractivity contribution is 5.67. The van der Waals surface area contributed by atoms with E-state index in [2.05, 4.69) is 10.1 Å². The summed E-state index contributed by atoms with van der Waals surface area (Å²) in [5.41, 5.74) is 0.963. The molecular weight excluding hydrogens is 222 g/mol. The van der Waals surface area contributed by atoms with E-state index in [0.29, 0.717) is 12.1 Å². The highest BCUT2D eigenvalue weighted by Gasteiger charge is 2.05. The Labute approximate surface area is 96.5 Å². The third kappa shape index (κ3) is 2.60. The summed E-state index contributed by atoms with van der Waals surface area (Å²) < 4.78 is 1.44. The van der Waals surface area contributed by atoms with Crippen LogP contribution in [0.4, 0.5) is 0 Å². The standard InChI is InChI=1S/C11H11N3O3/c15-10(16)4-3-8-6-13-14(7-8)9-2-1-5-12-11(9)17/h1-2,5-7H,3-4H2,(H,12,17)(H,15,16). The molecule has 0 spiro atoms. The number of carboxylic acids is 1. The highest BCUT2D eigenvalue weighted by Crippen LogP contribution is 2.05. The van der Waals surface area contributed by atoms with Gasteiger partial charge in [0.05, 0.1) is 6.20 Å². The molecule has 0 atom stereocenters. The van der Waals surface area contributed by atoms with Crippen molar-refractivity contribution in [3.63, 3.8) is 0 Å². The van der Waals surface area contributed by atoms with Crippen molar-refractivity contribution < 1.29 is 9.90 Å². The fraction of sp³-hybridized carbons (Fsp3) is 0.182. The second-order valence-corrected chi connectivity index (χ2v) is 3.57. The lowest BCUT2D eigenvalue weighted by molar-refractivity contribution is -0.136. The van der Waals surface area contributed by atoms with Crippen LogP contribution in [0.15, 0.2) is 35.5 Å². The molecule has 0 amide bonds. The lowest BCUT2D eigenvalue weighted by Gasteiger charge is -1.97. The number of carboxylic acid groups (broad SMARTS) is 1. The molecule has 0 radical (unpaired) electrons. The molecule has 2 aromatic heterocycles. The number of rotatable bonds is 4. The Morgan fingerprint density at radius 2 is 2.35 bits per heavy atom. The van der Waals surface area contributed by atoms with E-state index in [1.54, 1.807) is 30.7 Å². The monoisotopic (exact) mass is 233 g/mol. The van der Waals surface area contributed by atoms with Crippen LogP contribution in [-0.2, 0) is 11.2 Å². The van der Waals surface area contributed by atoms with Gasteiger partial charge in [0.15, 0.2) is 0 Å². The second kappa shape index (κ2) is 4.65. The maximum absolute atomic E-state index is 11.5. The summed E-state index contributed by atoms with van der Waals surface area (Å²) in [6.07, 6.45) is 5.22. The first kappa shape index (κ1) is 11.1. The Morgan fingerprint density at radius 1 is 1.53 bits per heavy atom. The van der Waals surface area contributed by atoms with Crippen LogP contribution in [0.2, 0.25) is 0 Å². The van der Waals surface area contributed by atoms with E-state index in [-0.39, 0.29) is 12.0 Å². The number of aryl methyl sites for hydroxylation is 1. The molecule has 0 saturated carbocycles. The molecule has 2 N–H and O–H groups in total. The van der Waals surface area contributed by atoms with Gasteiger partial charge in [-0.05, 0) is 24.1 Å². The maximum atomic E-state index is 11.5. The normalized spacial score (nSPS) is 10.4. The van der Waals surface area contributed by atoms with Crippen molar-refractivity contribution >= 4 is 5.97 Å². The predicted molar refractivity (Wildman–Crippen MR) is 60.1 cm³/mol. The van der Waals surface area contributed by atoms with Crippen LogP contribution in [0.3, 0.4) is 0 Å². The second-order valence-electron chi connectivity index (χ2n) is 3.57. The number of nitrogens with zero attached hydrogens (tertiary/aromatic N) is 2. The van der Waals surface area contributed by atoms with Gasteiger partial charge in [0.2, 0.25) is 0 Å². The van der Waals surface area contributed by atoms with Crippen LogP contribution in [0, 0.1) is 0 Å². The molecule has 2 rings (SSSR count). The molecule has 6 heteroatoms. The average Bonchev–Trinajstić information content (AvgIpc) is 2.75. The minimum absolute atomic E-state index is 0.0524. The van der Waals surface area contributed by atoms with Gasteiger partial charge in [0, 0.05) is 18.8 Å². The fourth-order valence-corrected chi connectivity index (χ4v) is 1.47. The molecule has 2 heterocycles. The van der Waals surface area contributed by atoms with Crippen molar-refractivity contribution in [2.75, 3.05) is 0 Å². The molecule has 0 fully saturated rings. The van der Waals surface area contributed by atoms with Crippen molar-refractivity contribution in [2.24, 2.45) is 0 Å². The third-order valence-corrected chi connectivity index (χ3v) is 2.31. The van der Waals surface area contributed by atoms with E-state index in [1.165, 1.54) is 4.68 Å². The van der Waals surface area contributed by atoms with Gasteiger partial charge >= 0.3 is 5.97 Å². The van der Waals surface area contributed by atoms with Crippen molar-refractivity contribution in [3.05, 3.63) is 46.6 Å². The Hall–Kier alpha value is -2.37. The van der Waals surface area contributed by atoms with Crippen LogP contribution in [0.25, 0.3) is 5.69 Å². The molecular formula is C11H11N3O3. The van der Waals surface area contributed by atoms with E-state index < -0.39 is 5.97 Å². The van der Waals surface area contributed by atoms with Gasteiger partial charge in [0.1, 0.15) is 5.69 Å². The van der Waals surface area contributed by atoms with E-state index >= 15 is 0 Å². The number of hydrogen-bond acceptors (Lipinski definition) is 3. The lowest BCUT2D eigenvalue weighted by atomic mass is 10.2. The average molecular weight is 233 g/mol. The van der Waals surface area contributed by atoms with E-state index in [9.17, 15) is 9.59 Å². The van der Waals surface area contributed by atoms with Crippen LogP contribution in [-0.4, -0.2) is 25.8 Å². The van der Waals surface area contributed by atoms with Crippen molar-refractivity contribution in [3.8, 4) is 5.69 Å². The minimum atomic E-state index is -0.852. The van der Waals surface area contributed by atoms with Gasteiger partial charge < -0.3 is 10.1 Å². The summed E-state index contributed by atoms with van der Waals surface area (Å²) in [7, 11) is 0. The topological polar surface area (TPSA) is 88.0 Å². The van der Waals surface area contributed by atoms with Crippen molar-refractivity contribution in [1.29, 1.82) is 0 Å². The fourth-order valence-electron chi connectivity index (χ4n) is 1.47. The first-order chi connectivity index (χ1) is 8.16. The van der Waals surface area contributed by atoms with Crippen LogP contribution in [0.5, 0.6) is 0 Å². The SMILES string of the molecule is O=C(O)CCc1cnn(-c2ccc[nH]c2=O)c1. The summed E-state index contributed by atoms with van der Waals surface area (Å²) in [4.78, 5) is 24.5. The molecule has 0 unspecified atom stereocenters. The number of H-pyrrole nitrogens is 1. The zero-order valence-electron chi connectivity index (χ0n) is 8.96. The smallest absolute Gasteiger partial charge is 0.303 e. The number of carbonyl (C=O) groups is 1. The zero-order chi connectivity index (χ0) is 12.3. The maximum Gasteiger partial charge on any atom is 0.303 e. The quantitative estimate of drug-likeness (QED) is 0.808. The van der Waals surface area contributed by atoms with Gasteiger partial charge in [-0.3, -0.25) is 9.59 Å². The Bertz CT molecular complexity index is 585. The minimum Gasteiger partial charge on any atom is -0.481 e. The van der Waals surface area contributed by atoms with Gasteiger partial charge in [0.25, 0.3) is 5.56 Å². The summed E-state index contributed by atoms with van der Waals surface area (Å²) >= 11 is 0. The molecule has 0 saturated heterocycles. The summed E-state index contributed by atoms with van der Waals surface area (Å²) in [5.74, 6) is -0.852. The van der Waals surface area contributed by atoms with Crippen LogP contribution < -0.4 is 5.56 Å². The van der Waals surface area contributed by atoms with E-state index in [4.69, 9.17) is 5.11 Å². The number of nitrogens with one attached hydrogen (secondary N) is 1. The number of aromatic nitrogens is 3. The summed E-state index contributed by atoms with van der Waals surface area (Å²) in [6.45, 7) is 0. The molecule has 17 heavy (non-hydrogen) atoms. The molecule has 0 bridgehead atoms. The number of hydrogen-bond donors (Lipinski definition) is 2. The van der Waals surface area contributed by atoms with Crippen molar-refractivity contribution in [2.45, 2.75) is 12.8 Å². The van der Waals surface area contributed by atoms with Crippen LogP contribution >= 0.6 is 0 Å². The van der Waals surface area contributed by atoms with Gasteiger partial charge in [-0.25, -0.2) is 4.68 Å². The highest BCUT2D eigenvalue weighted by atomic mass is 16.4. The van der Waals surface area contributed by atoms with Crippen molar-refractivity contribution in [1.82, 2.24) is 14.8 Å². The Balaban J connectivity index is 2.21. The Morgan fingerprint density at radius 3 is 3.06 bits per heavy atom. The predicted octanol–water partition coefficient (Wildman–Crippen LogP) is 0.578. The molecule has 0 aliphatic rings. The summed E-state index contributed by atoms with van der Waals surface area (Å²) in [6, 6.07) is 3.35. The number of pyridine rings is 1. The Kier molecular flexibility index (Phi) is 3.04. The molecule has 0 aromatic carbocycles. The third-order valence-electron chi connectivity index (χ3n) is 2.31.